The normalized spacial score (nSPS) is 12.2. The fourth-order valence-corrected chi connectivity index (χ4v) is 13.4. The van der Waals surface area contributed by atoms with E-state index >= 15 is 0 Å². The summed E-state index contributed by atoms with van der Waals surface area (Å²) in [6, 6.07) is 6.43. The monoisotopic (exact) mass is 1470 g/mol. The Labute approximate surface area is 619 Å². The molecule has 0 radical (unpaired) electrons. The molecule has 0 amide bonds. The summed E-state index contributed by atoms with van der Waals surface area (Å²) < 4.78 is 57.6. The maximum Gasteiger partial charge on any atom is 0.189 e. The minimum absolute atomic E-state index is 0. The molecule has 2 N–H and O–H groups in total. The third kappa shape index (κ3) is 33.3. The molecule has 0 unspecified atom stereocenters. The van der Waals surface area contributed by atoms with Crippen molar-refractivity contribution in [1.29, 1.82) is 0 Å². The Morgan fingerprint density at radius 3 is 0.818 bits per heavy atom. The van der Waals surface area contributed by atoms with Crippen LogP contribution >= 0.6 is 0 Å². The molecule has 0 atom stereocenters. The molecule has 13 heteroatoms. The van der Waals surface area contributed by atoms with E-state index in [1.807, 2.05) is 0 Å². The fraction of sp³-hybridized carbons (Fsp3) is 0.767. The number of fused-ring (bicyclic) bond motifs is 8. The number of hydrogen-bond donors (Lipinski definition) is 2. The van der Waals surface area contributed by atoms with Crippen LogP contribution in [0.25, 0.3) is 45.1 Å². The van der Waals surface area contributed by atoms with Gasteiger partial charge in [0.05, 0.1) is 74.9 Å². The van der Waals surface area contributed by atoms with Crippen LogP contribution in [0.5, 0.6) is 23.0 Å². The molecular weight excluding hydrogens is 1320 g/mol. The second kappa shape index (κ2) is 57.1. The molecule has 12 nitrogen and oxygen atoms in total. The van der Waals surface area contributed by atoms with Gasteiger partial charge >= 0.3 is 0 Å². The van der Waals surface area contributed by atoms with Gasteiger partial charge < -0.3 is 47.9 Å². The largest absolute Gasteiger partial charge is 0.488 e. The number of ether oxygens (including phenoxy) is 8. The third-order valence-corrected chi connectivity index (χ3v) is 19.4. The zero-order valence-corrected chi connectivity index (χ0v) is 66.6. The molecule has 5 heterocycles. The van der Waals surface area contributed by atoms with Gasteiger partial charge in [-0.1, -0.05) is 319 Å². The van der Waals surface area contributed by atoms with Gasteiger partial charge in [-0.2, -0.15) is 0 Å². The molecular formula is C86H146N4O8Pd. The topological polar surface area (TPSA) is 131 Å². The standard InChI is InChI=1S/C86H146N4O8.Pd/c1-10-19-27-35-43-51-59-91-79-71-67-72-80(92-60-52-44-36-28-20-11-2)82(94-62-54-46-38-30-22-13-4)74(88-72)69-76-84(96-64-56-48-40-32-24-15-6)86(98-66-58-50-42-34-26-17-8)78(90-76)70(18-9)77-85(97-65-57-49-41-33-25-16-7)83(95-63-55-47-39-31-23-14-5)75(89-77)68-73(87-71)81(79)93-61-53-45-37-29-21-12-3;/h67-69,87,89H,10-66H2,1-9H3;. The van der Waals surface area contributed by atoms with E-state index in [9.17, 15) is 0 Å². The van der Waals surface area contributed by atoms with Crippen LogP contribution < -0.4 is 18.9 Å². The number of rotatable bonds is 65. The average Bonchev–Trinajstić information content (AvgIpc) is 1.61. The van der Waals surface area contributed by atoms with Crippen molar-refractivity contribution in [2.45, 2.75) is 377 Å². The summed E-state index contributed by atoms with van der Waals surface area (Å²) in [5.74, 6) is 5.41. The molecule has 8 bridgehead atoms. The number of unbranched alkanes of at least 4 members (excludes halogenated alkanes) is 40. The second-order valence-corrected chi connectivity index (χ2v) is 28.4. The van der Waals surface area contributed by atoms with Crippen molar-refractivity contribution in [2.24, 2.45) is 0 Å². The minimum atomic E-state index is 0. The van der Waals surface area contributed by atoms with Crippen molar-refractivity contribution in [1.82, 2.24) is 19.9 Å². The summed E-state index contributed by atoms with van der Waals surface area (Å²) in [6.07, 6.45) is 56.1. The van der Waals surface area contributed by atoms with Gasteiger partial charge in [0, 0.05) is 26.0 Å². The van der Waals surface area contributed by atoms with E-state index in [4.69, 9.17) is 47.9 Å². The molecule has 0 saturated heterocycles. The average molecular weight is 1470 g/mol. The van der Waals surface area contributed by atoms with E-state index < -0.39 is 0 Å². The van der Waals surface area contributed by atoms with Crippen LogP contribution in [0.4, 0.5) is 0 Å². The number of hydrogen-bond acceptors (Lipinski definition) is 10. The van der Waals surface area contributed by atoms with Crippen LogP contribution in [-0.2, 0) is 45.8 Å². The van der Waals surface area contributed by atoms with Gasteiger partial charge in [0.15, 0.2) is 46.0 Å². The Bertz CT molecular complexity index is 2770. The van der Waals surface area contributed by atoms with Gasteiger partial charge in [0.2, 0.25) is 0 Å². The third-order valence-electron chi connectivity index (χ3n) is 19.4. The van der Waals surface area contributed by atoms with Crippen LogP contribution in [0.15, 0.2) is 18.2 Å². The summed E-state index contributed by atoms with van der Waals surface area (Å²) >= 11 is 0. The smallest absolute Gasteiger partial charge is 0.189 e. The van der Waals surface area contributed by atoms with E-state index in [0.29, 0.717) is 122 Å². The van der Waals surface area contributed by atoms with Crippen LogP contribution in [0.2, 0.25) is 0 Å². The fourth-order valence-electron chi connectivity index (χ4n) is 13.4. The van der Waals surface area contributed by atoms with Crippen LogP contribution in [-0.4, -0.2) is 72.8 Å². The van der Waals surface area contributed by atoms with Gasteiger partial charge in [-0.05, 0) is 76.0 Å². The molecule has 0 spiro atoms. The Balaban J connectivity index is 0.0000208. The predicted molar refractivity (Wildman–Crippen MR) is 417 cm³/mol. The van der Waals surface area contributed by atoms with Crippen LogP contribution in [0, 0.1) is 0 Å². The van der Waals surface area contributed by atoms with Crippen molar-refractivity contribution >= 4 is 45.1 Å². The maximum absolute atomic E-state index is 7.28. The Morgan fingerprint density at radius 1 is 0.242 bits per heavy atom. The number of aryl methyl sites for hydroxylation is 1. The minimum Gasteiger partial charge on any atom is -0.488 e. The van der Waals surface area contributed by atoms with Crippen molar-refractivity contribution in [3.05, 3.63) is 46.5 Å². The number of aromatic nitrogens is 4. The summed E-state index contributed by atoms with van der Waals surface area (Å²) in [5.41, 5.74) is 6.93. The first-order valence-electron chi connectivity index (χ1n) is 41.8. The molecule has 2 aliphatic rings. The number of H-pyrrole nitrogens is 2. The summed E-state index contributed by atoms with van der Waals surface area (Å²) in [5, 5.41) is 0. The first-order chi connectivity index (χ1) is 48.4. The number of nitrogens with zero attached hydrogens (tertiary/aromatic N) is 2. The molecule has 3 aromatic rings. The Kier molecular flexibility index (Phi) is 50.2. The van der Waals surface area contributed by atoms with E-state index in [1.54, 1.807) is 0 Å². The van der Waals surface area contributed by atoms with Gasteiger partial charge in [-0.3, -0.25) is 0 Å². The molecule has 0 aliphatic carbocycles. The van der Waals surface area contributed by atoms with Gasteiger partial charge in [0.25, 0.3) is 0 Å². The van der Waals surface area contributed by atoms with Crippen molar-refractivity contribution < 1.29 is 58.3 Å². The van der Waals surface area contributed by atoms with Gasteiger partial charge in [0.1, 0.15) is 22.8 Å². The second-order valence-electron chi connectivity index (χ2n) is 28.4. The van der Waals surface area contributed by atoms with Crippen LogP contribution in [0.3, 0.4) is 0 Å². The van der Waals surface area contributed by atoms with E-state index in [-0.39, 0.29) is 20.4 Å². The SMILES string of the molecule is CCCCCCCCOC1=C(OCCCCCCCC)c2cc3[nH]c(cc4[nH]c(c(CC)c5nc(cc1n2)C(OCCCCCCCC)=C5OCCCCCCCC)c(OCCCCCCCC)c4OCCCCCCCC)c(OCCCCCCCC)c3OCCCCCCCC.[Pd]. The first-order valence-corrected chi connectivity index (χ1v) is 41.8. The quantitative estimate of drug-likeness (QED) is 0.0416. The van der Waals surface area contributed by atoms with E-state index in [2.05, 4.69) is 90.5 Å². The zero-order valence-electron chi connectivity index (χ0n) is 65.0. The maximum atomic E-state index is 7.28. The molecule has 568 valence electrons. The molecule has 0 saturated carbocycles. The summed E-state index contributed by atoms with van der Waals surface area (Å²) in [6.45, 7) is 24.9. The summed E-state index contributed by atoms with van der Waals surface area (Å²) in [7, 11) is 0. The van der Waals surface area contributed by atoms with Crippen LogP contribution in [0.1, 0.15) is 399 Å². The van der Waals surface area contributed by atoms with Crippen molar-refractivity contribution in [2.75, 3.05) is 52.9 Å². The Morgan fingerprint density at radius 2 is 0.485 bits per heavy atom. The van der Waals surface area contributed by atoms with Gasteiger partial charge in [-0.15, -0.1) is 0 Å². The molecule has 3 aromatic heterocycles. The van der Waals surface area contributed by atoms with E-state index in [0.717, 1.165) is 136 Å². The molecule has 2 aliphatic heterocycles. The number of aromatic amines is 2. The number of nitrogens with one attached hydrogen (secondary N) is 2. The Hall–Kier alpha value is -4.34. The van der Waals surface area contributed by atoms with E-state index in [1.165, 1.54) is 205 Å². The first kappa shape index (κ1) is 87.1. The van der Waals surface area contributed by atoms with Crippen molar-refractivity contribution in [3.63, 3.8) is 0 Å². The molecule has 5 rings (SSSR count). The molecule has 0 fully saturated rings. The molecule has 0 aromatic carbocycles. The van der Waals surface area contributed by atoms with Gasteiger partial charge in [-0.25, -0.2) is 9.97 Å². The summed E-state index contributed by atoms with van der Waals surface area (Å²) in [4.78, 5) is 19.4. The zero-order chi connectivity index (χ0) is 69.7. The predicted octanol–water partition coefficient (Wildman–Crippen LogP) is 27.0. The van der Waals surface area contributed by atoms with Crippen molar-refractivity contribution in [3.8, 4) is 23.0 Å². The molecule has 99 heavy (non-hydrogen) atoms.